The van der Waals surface area contributed by atoms with E-state index in [1.165, 1.54) is 24.8 Å². The molecule has 2 heterocycles. The molecular weight excluding hydrogens is 352 g/mol. The zero-order valence-electron chi connectivity index (χ0n) is 16.3. The summed E-state index contributed by atoms with van der Waals surface area (Å²) in [5.41, 5.74) is 3.24. The summed E-state index contributed by atoms with van der Waals surface area (Å²) >= 11 is 0. The molecule has 2 aromatic rings. The van der Waals surface area contributed by atoms with E-state index in [1.807, 2.05) is 30.3 Å². The quantitative estimate of drug-likeness (QED) is 0.807. The first-order valence-electron chi connectivity index (χ1n) is 10.3. The van der Waals surface area contributed by atoms with Crippen LogP contribution in [0.5, 0.6) is 11.5 Å². The lowest BCUT2D eigenvalue weighted by Crippen LogP contribution is -2.30. The van der Waals surface area contributed by atoms with Crippen LogP contribution in [0, 0.1) is 0 Å². The zero-order chi connectivity index (χ0) is 19.2. The van der Waals surface area contributed by atoms with Crippen molar-refractivity contribution in [1.29, 1.82) is 0 Å². The van der Waals surface area contributed by atoms with Crippen molar-refractivity contribution in [2.24, 2.45) is 0 Å². The minimum Gasteiger partial charge on any atom is -0.486 e. The fourth-order valence-corrected chi connectivity index (χ4v) is 3.90. The van der Waals surface area contributed by atoms with Crippen molar-refractivity contribution in [2.45, 2.75) is 38.5 Å². The van der Waals surface area contributed by atoms with Crippen molar-refractivity contribution in [2.75, 3.05) is 36.5 Å². The standard InChI is InChI=1S/C23H28N2O3/c26-23(10-6-7-18-11-12-21-22(17-18)28-16-15-27-21)24-19-8-2-3-9-20(19)25-13-4-1-5-14-25/h2-3,8-9,11-12,17H,1,4-7,10,13-16H2,(H,24,26). The molecule has 2 aromatic carbocycles. The van der Waals surface area contributed by atoms with Gasteiger partial charge in [0.2, 0.25) is 5.91 Å². The summed E-state index contributed by atoms with van der Waals surface area (Å²) in [6.45, 7) is 3.33. The van der Waals surface area contributed by atoms with E-state index in [1.54, 1.807) is 0 Å². The Kier molecular flexibility index (Phi) is 6.00. The highest BCUT2D eigenvalue weighted by Gasteiger charge is 2.16. The molecule has 0 aliphatic carbocycles. The van der Waals surface area contributed by atoms with Gasteiger partial charge in [-0.1, -0.05) is 18.2 Å². The molecule has 5 heteroatoms. The molecule has 1 amide bonds. The van der Waals surface area contributed by atoms with Crippen LogP contribution >= 0.6 is 0 Å². The highest BCUT2D eigenvalue weighted by molar-refractivity contribution is 5.94. The number of anilines is 2. The van der Waals surface area contributed by atoms with Crippen LogP contribution in [0.15, 0.2) is 42.5 Å². The zero-order valence-corrected chi connectivity index (χ0v) is 16.3. The van der Waals surface area contributed by atoms with E-state index in [0.717, 1.165) is 48.8 Å². The Labute approximate surface area is 166 Å². The SMILES string of the molecule is O=C(CCCc1ccc2c(c1)OCCO2)Nc1ccccc1N1CCCCC1. The van der Waals surface area contributed by atoms with Gasteiger partial charge in [0, 0.05) is 19.5 Å². The Hall–Kier alpha value is -2.69. The first kappa shape index (κ1) is 18.7. The number of fused-ring (bicyclic) bond motifs is 1. The number of hydrogen-bond donors (Lipinski definition) is 1. The molecule has 5 nitrogen and oxygen atoms in total. The molecule has 0 radical (unpaired) electrons. The van der Waals surface area contributed by atoms with Crippen molar-refractivity contribution >= 4 is 17.3 Å². The number of piperidine rings is 1. The van der Waals surface area contributed by atoms with Gasteiger partial charge in [0.05, 0.1) is 11.4 Å². The molecule has 2 aliphatic heterocycles. The van der Waals surface area contributed by atoms with E-state index in [0.29, 0.717) is 19.6 Å². The Bertz CT molecular complexity index is 815. The molecule has 0 atom stereocenters. The van der Waals surface area contributed by atoms with Gasteiger partial charge >= 0.3 is 0 Å². The van der Waals surface area contributed by atoms with Crippen LogP contribution in [0.4, 0.5) is 11.4 Å². The second-order valence-electron chi connectivity index (χ2n) is 7.44. The molecular formula is C23H28N2O3. The Morgan fingerprint density at radius 1 is 0.964 bits per heavy atom. The summed E-state index contributed by atoms with van der Waals surface area (Å²) in [7, 11) is 0. The maximum absolute atomic E-state index is 12.5. The summed E-state index contributed by atoms with van der Waals surface area (Å²) in [5, 5.41) is 3.12. The molecule has 0 spiro atoms. The Morgan fingerprint density at radius 3 is 2.61 bits per heavy atom. The summed E-state index contributed by atoms with van der Waals surface area (Å²) < 4.78 is 11.2. The molecule has 0 aromatic heterocycles. The average Bonchev–Trinajstić information content (AvgIpc) is 2.75. The van der Waals surface area contributed by atoms with Crippen LogP contribution in [-0.2, 0) is 11.2 Å². The third-order valence-electron chi connectivity index (χ3n) is 5.35. The second kappa shape index (κ2) is 9.00. The van der Waals surface area contributed by atoms with Gasteiger partial charge in [-0.3, -0.25) is 4.79 Å². The number of aryl methyl sites for hydroxylation is 1. The predicted octanol–water partition coefficient (Wildman–Crippen LogP) is 4.41. The van der Waals surface area contributed by atoms with Gasteiger partial charge in [0.1, 0.15) is 13.2 Å². The summed E-state index contributed by atoms with van der Waals surface area (Å²) in [4.78, 5) is 14.9. The van der Waals surface area contributed by atoms with Crippen LogP contribution in [0.25, 0.3) is 0 Å². The molecule has 0 bridgehead atoms. The van der Waals surface area contributed by atoms with E-state index in [9.17, 15) is 4.79 Å². The molecule has 0 unspecified atom stereocenters. The number of para-hydroxylation sites is 2. The Morgan fingerprint density at radius 2 is 1.75 bits per heavy atom. The highest BCUT2D eigenvalue weighted by atomic mass is 16.6. The molecule has 1 N–H and O–H groups in total. The maximum Gasteiger partial charge on any atom is 0.224 e. The van der Waals surface area contributed by atoms with Gasteiger partial charge in [0.25, 0.3) is 0 Å². The lowest BCUT2D eigenvalue weighted by Gasteiger charge is -2.30. The van der Waals surface area contributed by atoms with Gasteiger partial charge in [-0.25, -0.2) is 0 Å². The lowest BCUT2D eigenvalue weighted by atomic mass is 10.1. The van der Waals surface area contributed by atoms with E-state index >= 15 is 0 Å². The number of carbonyl (C=O) groups excluding carboxylic acids is 1. The van der Waals surface area contributed by atoms with Gasteiger partial charge in [-0.2, -0.15) is 0 Å². The number of rotatable bonds is 6. The topological polar surface area (TPSA) is 50.8 Å². The number of nitrogens with zero attached hydrogens (tertiary/aromatic N) is 1. The summed E-state index contributed by atoms with van der Waals surface area (Å²) in [6, 6.07) is 14.2. The lowest BCUT2D eigenvalue weighted by molar-refractivity contribution is -0.116. The van der Waals surface area contributed by atoms with E-state index < -0.39 is 0 Å². The largest absolute Gasteiger partial charge is 0.486 e. The second-order valence-corrected chi connectivity index (χ2v) is 7.44. The van der Waals surface area contributed by atoms with Crippen LogP contribution in [0.2, 0.25) is 0 Å². The van der Waals surface area contributed by atoms with Gasteiger partial charge in [0.15, 0.2) is 11.5 Å². The van der Waals surface area contributed by atoms with Crippen LogP contribution in [0.1, 0.15) is 37.7 Å². The molecule has 1 fully saturated rings. The molecule has 0 saturated carbocycles. The van der Waals surface area contributed by atoms with Crippen molar-refractivity contribution < 1.29 is 14.3 Å². The number of nitrogens with one attached hydrogen (secondary N) is 1. The van der Waals surface area contributed by atoms with Crippen LogP contribution in [0.3, 0.4) is 0 Å². The van der Waals surface area contributed by atoms with Crippen LogP contribution in [-0.4, -0.2) is 32.2 Å². The predicted molar refractivity (Wildman–Crippen MR) is 112 cm³/mol. The average molecular weight is 380 g/mol. The van der Waals surface area contributed by atoms with Gasteiger partial charge in [-0.15, -0.1) is 0 Å². The van der Waals surface area contributed by atoms with E-state index in [2.05, 4.69) is 22.3 Å². The molecule has 1 saturated heterocycles. The number of benzene rings is 2. The fraction of sp³-hybridized carbons (Fsp3) is 0.435. The van der Waals surface area contributed by atoms with Gasteiger partial charge in [-0.05, 0) is 61.9 Å². The minimum absolute atomic E-state index is 0.0713. The summed E-state index contributed by atoms with van der Waals surface area (Å²) in [5.74, 6) is 1.69. The van der Waals surface area contributed by atoms with Gasteiger partial charge < -0.3 is 19.7 Å². The van der Waals surface area contributed by atoms with E-state index in [-0.39, 0.29) is 5.91 Å². The van der Waals surface area contributed by atoms with Crippen molar-refractivity contribution in [3.63, 3.8) is 0 Å². The molecule has 4 rings (SSSR count). The molecule has 2 aliphatic rings. The third-order valence-corrected chi connectivity index (χ3v) is 5.35. The van der Waals surface area contributed by atoms with Crippen LogP contribution < -0.4 is 19.7 Å². The number of hydrogen-bond acceptors (Lipinski definition) is 4. The smallest absolute Gasteiger partial charge is 0.224 e. The third kappa shape index (κ3) is 4.58. The maximum atomic E-state index is 12.5. The fourth-order valence-electron chi connectivity index (χ4n) is 3.90. The highest BCUT2D eigenvalue weighted by Crippen LogP contribution is 2.31. The first-order valence-corrected chi connectivity index (χ1v) is 10.3. The van der Waals surface area contributed by atoms with E-state index in [4.69, 9.17) is 9.47 Å². The number of ether oxygens (including phenoxy) is 2. The first-order chi connectivity index (χ1) is 13.8. The minimum atomic E-state index is 0.0713. The molecule has 148 valence electrons. The number of amides is 1. The molecule has 28 heavy (non-hydrogen) atoms. The monoisotopic (exact) mass is 380 g/mol. The summed E-state index contributed by atoms with van der Waals surface area (Å²) in [6.07, 6.45) is 5.89. The van der Waals surface area contributed by atoms with Crippen molar-refractivity contribution in [3.8, 4) is 11.5 Å². The van der Waals surface area contributed by atoms with Crippen molar-refractivity contribution in [3.05, 3.63) is 48.0 Å². The number of carbonyl (C=O) groups is 1. The normalized spacial score (nSPS) is 15.9. The van der Waals surface area contributed by atoms with Crippen molar-refractivity contribution in [1.82, 2.24) is 0 Å². The Balaban J connectivity index is 1.30.